The third-order valence-electron chi connectivity index (χ3n) is 5.51. The molecule has 1 unspecified atom stereocenters. The molecule has 1 amide bonds. The Labute approximate surface area is 151 Å². The van der Waals surface area contributed by atoms with Crippen LogP contribution < -0.4 is 15.4 Å². The number of rotatable bonds is 6. The van der Waals surface area contributed by atoms with E-state index in [4.69, 9.17) is 4.74 Å². The summed E-state index contributed by atoms with van der Waals surface area (Å²) in [6, 6.07) is 8.54. The van der Waals surface area contributed by atoms with E-state index in [9.17, 15) is 4.79 Å². The lowest BCUT2D eigenvalue weighted by molar-refractivity contribution is -0.126. The molecule has 0 aromatic heterocycles. The quantitative estimate of drug-likeness (QED) is 0.831. The molecule has 3 rings (SSSR count). The van der Waals surface area contributed by atoms with E-state index in [0.717, 1.165) is 44.8 Å². The van der Waals surface area contributed by atoms with Gasteiger partial charge in [-0.25, -0.2) is 0 Å². The molecule has 0 aliphatic carbocycles. The molecular formula is C20H31N3O2. The Balaban J connectivity index is 1.65. The Morgan fingerprint density at radius 3 is 2.52 bits per heavy atom. The number of hydrogen-bond donors (Lipinski definition) is 2. The topological polar surface area (TPSA) is 53.6 Å². The fraction of sp³-hybridized carbons (Fsp3) is 0.650. The van der Waals surface area contributed by atoms with E-state index in [1.807, 2.05) is 12.1 Å². The summed E-state index contributed by atoms with van der Waals surface area (Å²) in [7, 11) is 1.69. The van der Waals surface area contributed by atoms with Gasteiger partial charge in [0, 0.05) is 12.5 Å². The molecule has 0 bridgehead atoms. The van der Waals surface area contributed by atoms with Crippen molar-refractivity contribution in [2.45, 2.75) is 38.1 Å². The molecule has 138 valence electrons. The summed E-state index contributed by atoms with van der Waals surface area (Å²) in [5.74, 6) is 1.26. The van der Waals surface area contributed by atoms with Crippen LogP contribution >= 0.6 is 0 Å². The van der Waals surface area contributed by atoms with Gasteiger partial charge in [0.05, 0.1) is 13.2 Å². The molecule has 1 aromatic rings. The number of carbonyl (C=O) groups excluding carboxylic acids is 1. The van der Waals surface area contributed by atoms with Crippen molar-refractivity contribution in [2.24, 2.45) is 5.92 Å². The molecule has 1 aromatic carbocycles. The highest BCUT2D eigenvalue weighted by Crippen LogP contribution is 2.26. The van der Waals surface area contributed by atoms with E-state index in [1.165, 1.54) is 24.8 Å². The molecule has 5 heteroatoms. The first-order chi connectivity index (χ1) is 12.3. The molecule has 0 saturated carbocycles. The maximum absolute atomic E-state index is 12.5. The van der Waals surface area contributed by atoms with Crippen molar-refractivity contribution in [3.63, 3.8) is 0 Å². The van der Waals surface area contributed by atoms with Crippen molar-refractivity contribution in [2.75, 3.05) is 39.8 Å². The summed E-state index contributed by atoms with van der Waals surface area (Å²) in [5.41, 5.74) is 1.26. The molecule has 25 heavy (non-hydrogen) atoms. The first kappa shape index (κ1) is 18.2. The lowest BCUT2D eigenvalue weighted by Crippen LogP contribution is -2.43. The van der Waals surface area contributed by atoms with Crippen LogP contribution in [0.4, 0.5) is 0 Å². The van der Waals surface area contributed by atoms with E-state index in [0.29, 0.717) is 6.54 Å². The molecule has 2 fully saturated rings. The molecule has 2 aliphatic rings. The third kappa shape index (κ3) is 4.95. The Morgan fingerprint density at radius 1 is 1.20 bits per heavy atom. The van der Waals surface area contributed by atoms with Gasteiger partial charge in [-0.3, -0.25) is 9.69 Å². The highest BCUT2D eigenvalue weighted by atomic mass is 16.5. The highest BCUT2D eigenvalue weighted by Gasteiger charge is 2.25. The standard InChI is InChI=1S/C20H31N3O2/c1-25-18-7-5-16(6-8-18)19(23-13-3-2-4-14-23)15-22-20(24)17-9-11-21-12-10-17/h5-8,17,19,21H,2-4,9-15H2,1H3,(H,22,24). The molecule has 2 heterocycles. The van der Waals surface area contributed by atoms with Crippen molar-refractivity contribution < 1.29 is 9.53 Å². The Kier molecular flexibility index (Phi) is 6.70. The Morgan fingerprint density at radius 2 is 1.88 bits per heavy atom. The van der Waals surface area contributed by atoms with Gasteiger partial charge in [-0.2, -0.15) is 0 Å². The van der Waals surface area contributed by atoms with Gasteiger partial charge in [0.25, 0.3) is 0 Å². The number of carbonyl (C=O) groups is 1. The highest BCUT2D eigenvalue weighted by molar-refractivity contribution is 5.78. The van der Waals surface area contributed by atoms with Crippen LogP contribution in [0, 0.1) is 5.92 Å². The van der Waals surface area contributed by atoms with Crippen LogP contribution in [-0.4, -0.2) is 50.6 Å². The second-order valence-electron chi connectivity index (χ2n) is 7.16. The smallest absolute Gasteiger partial charge is 0.223 e. The Hall–Kier alpha value is -1.59. The van der Waals surface area contributed by atoms with Crippen molar-refractivity contribution >= 4 is 5.91 Å². The first-order valence-corrected chi connectivity index (χ1v) is 9.64. The maximum Gasteiger partial charge on any atom is 0.223 e. The zero-order chi connectivity index (χ0) is 17.5. The lowest BCUT2D eigenvalue weighted by atomic mass is 9.96. The first-order valence-electron chi connectivity index (χ1n) is 9.64. The van der Waals surface area contributed by atoms with Crippen molar-refractivity contribution in [3.05, 3.63) is 29.8 Å². The van der Waals surface area contributed by atoms with Crippen LogP contribution in [0.2, 0.25) is 0 Å². The average molecular weight is 345 g/mol. The number of nitrogens with one attached hydrogen (secondary N) is 2. The predicted molar refractivity (Wildman–Crippen MR) is 99.8 cm³/mol. The zero-order valence-corrected chi connectivity index (χ0v) is 15.3. The number of nitrogens with zero attached hydrogens (tertiary/aromatic N) is 1. The number of ether oxygens (including phenoxy) is 1. The summed E-state index contributed by atoms with van der Waals surface area (Å²) in [6.45, 7) is 4.81. The van der Waals surface area contributed by atoms with E-state index in [-0.39, 0.29) is 17.9 Å². The van der Waals surface area contributed by atoms with Crippen LogP contribution in [0.1, 0.15) is 43.7 Å². The number of methoxy groups -OCH3 is 1. The number of benzene rings is 1. The second-order valence-corrected chi connectivity index (χ2v) is 7.16. The second kappa shape index (κ2) is 9.20. The summed E-state index contributed by atoms with van der Waals surface area (Å²) < 4.78 is 5.28. The molecule has 1 atom stereocenters. The van der Waals surface area contributed by atoms with Gasteiger partial charge in [0.15, 0.2) is 0 Å². The van der Waals surface area contributed by atoms with E-state index < -0.39 is 0 Å². The van der Waals surface area contributed by atoms with Crippen LogP contribution in [0.15, 0.2) is 24.3 Å². The third-order valence-corrected chi connectivity index (χ3v) is 5.51. The molecule has 2 aliphatic heterocycles. The van der Waals surface area contributed by atoms with Gasteiger partial charge < -0.3 is 15.4 Å². The number of amides is 1. The maximum atomic E-state index is 12.5. The number of piperidine rings is 2. The number of likely N-dealkylation sites (tertiary alicyclic amines) is 1. The minimum absolute atomic E-state index is 0.166. The van der Waals surface area contributed by atoms with E-state index in [1.54, 1.807) is 7.11 Å². The van der Waals surface area contributed by atoms with Crippen molar-refractivity contribution in [1.29, 1.82) is 0 Å². The summed E-state index contributed by atoms with van der Waals surface area (Å²) in [5, 5.41) is 6.56. The van der Waals surface area contributed by atoms with Gasteiger partial charge in [0.1, 0.15) is 5.75 Å². The van der Waals surface area contributed by atoms with Crippen molar-refractivity contribution in [3.8, 4) is 5.75 Å². The summed E-state index contributed by atoms with van der Waals surface area (Å²) >= 11 is 0. The van der Waals surface area contributed by atoms with Gasteiger partial charge in [-0.05, 0) is 69.6 Å². The monoisotopic (exact) mass is 345 g/mol. The minimum atomic E-state index is 0.166. The normalized spacial score (nSPS) is 20.8. The van der Waals surface area contributed by atoms with Crippen LogP contribution in [0.5, 0.6) is 5.75 Å². The minimum Gasteiger partial charge on any atom is -0.497 e. The fourth-order valence-corrected chi connectivity index (χ4v) is 3.94. The van der Waals surface area contributed by atoms with Gasteiger partial charge in [-0.1, -0.05) is 18.6 Å². The van der Waals surface area contributed by atoms with Crippen LogP contribution in [0.3, 0.4) is 0 Å². The largest absolute Gasteiger partial charge is 0.497 e. The van der Waals surface area contributed by atoms with E-state index in [2.05, 4.69) is 27.7 Å². The average Bonchev–Trinajstić information content (AvgIpc) is 2.70. The lowest BCUT2D eigenvalue weighted by Gasteiger charge is -2.35. The fourth-order valence-electron chi connectivity index (χ4n) is 3.94. The summed E-state index contributed by atoms with van der Waals surface area (Å²) in [4.78, 5) is 15.1. The van der Waals surface area contributed by atoms with Gasteiger partial charge >= 0.3 is 0 Å². The molecule has 2 N–H and O–H groups in total. The van der Waals surface area contributed by atoms with Gasteiger partial charge in [0.2, 0.25) is 5.91 Å². The van der Waals surface area contributed by atoms with Crippen LogP contribution in [-0.2, 0) is 4.79 Å². The van der Waals surface area contributed by atoms with Crippen LogP contribution in [0.25, 0.3) is 0 Å². The molecular weight excluding hydrogens is 314 g/mol. The van der Waals surface area contributed by atoms with Gasteiger partial charge in [-0.15, -0.1) is 0 Å². The predicted octanol–water partition coefficient (Wildman–Crippen LogP) is 2.34. The number of hydrogen-bond acceptors (Lipinski definition) is 4. The molecule has 5 nitrogen and oxygen atoms in total. The SMILES string of the molecule is COc1ccc(C(CNC(=O)C2CCNCC2)N2CCCCC2)cc1. The van der Waals surface area contributed by atoms with E-state index >= 15 is 0 Å². The molecule has 0 radical (unpaired) electrons. The Bertz CT molecular complexity index is 534. The zero-order valence-electron chi connectivity index (χ0n) is 15.3. The van der Waals surface area contributed by atoms with Crippen molar-refractivity contribution in [1.82, 2.24) is 15.5 Å². The molecule has 2 saturated heterocycles. The summed E-state index contributed by atoms with van der Waals surface area (Å²) in [6.07, 6.45) is 5.70. The molecule has 0 spiro atoms.